The van der Waals surface area contributed by atoms with Crippen LogP contribution in [0.1, 0.15) is 30.9 Å². The Morgan fingerprint density at radius 1 is 1.31 bits per heavy atom. The van der Waals surface area contributed by atoms with E-state index in [4.69, 9.17) is 5.26 Å². The van der Waals surface area contributed by atoms with E-state index in [1.807, 2.05) is 31.2 Å². The lowest BCUT2D eigenvalue weighted by atomic mass is 10.1. The molecule has 1 saturated heterocycles. The van der Waals surface area contributed by atoms with Gasteiger partial charge in [0.1, 0.15) is 0 Å². The third-order valence-corrected chi connectivity index (χ3v) is 4.42. The Hall–Kier alpha value is -2.59. The second-order valence-electron chi connectivity index (χ2n) is 6.37. The number of carbonyl (C=O) groups excluding carboxylic acids is 1. The Bertz CT molecular complexity index is 641. The van der Waals surface area contributed by atoms with Crippen molar-refractivity contribution < 1.29 is 4.79 Å². The standard InChI is InChI=1S/C19H28N6O/c1-3-22-19(23-13-16-6-4-15(12-20)5-7-16)24-17-8-10-25(11-9-17)14-18(26)21-2/h4-7,17H,3,8-11,13-14H2,1-2H3,(H,21,26)(H2,22,23,24). The van der Waals surface area contributed by atoms with Crippen LogP contribution in [0.4, 0.5) is 0 Å². The van der Waals surface area contributed by atoms with Crippen LogP contribution in [0.25, 0.3) is 0 Å². The van der Waals surface area contributed by atoms with Crippen LogP contribution < -0.4 is 16.0 Å². The number of likely N-dealkylation sites (N-methyl/N-ethyl adjacent to an activating group) is 1. The highest BCUT2D eigenvalue weighted by atomic mass is 16.1. The Morgan fingerprint density at radius 2 is 2.00 bits per heavy atom. The first kappa shape index (κ1) is 19.7. The molecule has 3 N–H and O–H groups in total. The van der Waals surface area contributed by atoms with Gasteiger partial charge in [-0.2, -0.15) is 5.26 Å². The molecule has 0 spiro atoms. The van der Waals surface area contributed by atoms with Crippen molar-refractivity contribution in [2.75, 3.05) is 33.2 Å². The van der Waals surface area contributed by atoms with Crippen LogP contribution in [-0.4, -0.2) is 56.0 Å². The summed E-state index contributed by atoms with van der Waals surface area (Å²) < 4.78 is 0. The van der Waals surface area contributed by atoms with E-state index in [9.17, 15) is 4.79 Å². The number of piperidine rings is 1. The summed E-state index contributed by atoms with van der Waals surface area (Å²) in [7, 11) is 1.67. The van der Waals surface area contributed by atoms with Crippen LogP contribution in [0, 0.1) is 11.3 Å². The molecule has 1 heterocycles. The van der Waals surface area contributed by atoms with Gasteiger partial charge in [0, 0.05) is 32.7 Å². The van der Waals surface area contributed by atoms with Crippen LogP contribution >= 0.6 is 0 Å². The zero-order valence-corrected chi connectivity index (χ0v) is 15.6. The van der Waals surface area contributed by atoms with E-state index in [2.05, 4.69) is 31.9 Å². The summed E-state index contributed by atoms with van der Waals surface area (Å²) in [4.78, 5) is 18.3. The fraction of sp³-hybridized carbons (Fsp3) is 0.526. The van der Waals surface area contributed by atoms with Gasteiger partial charge in [-0.1, -0.05) is 12.1 Å². The van der Waals surface area contributed by atoms with Crippen molar-refractivity contribution in [3.8, 4) is 6.07 Å². The maximum absolute atomic E-state index is 11.5. The number of rotatable bonds is 6. The summed E-state index contributed by atoms with van der Waals surface area (Å²) >= 11 is 0. The topological polar surface area (TPSA) is 92.6 Å². The van der Waals surface area contributed by atoms with E-state index in [0.717, 1.165) is 44.0 Å². The van der Waals surface area contributed by atoms with E-state index in [1.54, 1.807) is 7.05 Å². The van der Waals surface area contributed by atoms with Crippen LogP contribution in [-0.2, 0) is 11.3 Å². The van der Waals surface area contributed by atoms with Crippen LogP contribution in [0.3, 0.4) is 0 Å². The Kier molecular flexibility index (Phi) is 7.90. The first-order valence-electron chi connectivity index (χ1n) is 9.11. The summed E-state index contributed by atoms with van der Waals surface area (Å²) in [5.74, 6) is 0.871. The van der Waals surface area contributed by atoms with Gasteiger partial charge in [-0.05, 0) is 37.5 Å². The third-order valence-electron chi connectivity index (χ3n) is 4.42. The second-order valence-corrected chi connectivity index (χ2v) is 6.37. The van der Waals surface area contributed by atoms with Gasteiger partial charge in [0.05, 0.1) is 24.7 Å². The zero-order valence-electron chi connectivity index (χ0n) is 15.6. The van der Waals surface area contributed by atoms with E-state index in [-0.39, 0.29) is 5.91 Å². The third kappa shape index (κ3) is 6.37. The normalized spacial score (nSPS) is 16.0. The fourth-order valence-corrected chi connectivity index (χ4v) is 2.89. The minimum absolute atomic E-state index is 0.0636. The van der Waals surface area contributed by atoms with Gasteiger partial charge in [-0.3, -0.25) is 9.69 Å². The molecule has 0 bridgehead atoms. The van der Waals surface area contributed by atoms with Gasteiger partial charge in [0.25, 0.3) is 0 Å². The lowest BCUT2D eigenvalue weighted by Crippen LogP contribution is -2.50. The maximum Gasteiger partial charge on any atom is 0.233 e. The number of nitrogens with zero attached hydrogens (tertiary/aromatic N) is 3. The maximum atomic E-state index is 11.5. The Morgan fingerprint density at radius 3 is 2.58 bits per heavy atom. The molecule has 7 heteroatoms. The first-order valence-corrected chi connectivity index (χ1v) is 9.11. The van der Waals surface area contributed by atoms with Gasteiger partial charge in [0.2, 0.25) is 5.91 Å². The van der Waals surface area contributed by atoms with E-state index >= 15 is 0 Å². The molecular weight excluding hydrogens is 328 g/mol. The SMILES string of the molecule is CCNC(=NCc1ccc(C#N)cc1)NC1CCN(CC(=O)NC)CC1. The minimum atomic E-state index is 0.0636. The molecule has 7 nitrogen and oxygen atoms in total. The molecule has 0 unspecified atom stereocenters. The van der Waals surface area contributed by atoms with Crippen molar-refractivity contribution in [2.24, 2.45) is 4.99 Å². The van der Waals surface area contributed by atoms with E-state index in [0.29, 0.717) is 24.7 Å². The van der Waals surface area contributed by atoms with Crippen molar-refractivity contribution in [1.29, 1.82) is 5.26 Å². The largest absolute Gasteiger partial charge is 0.358 e. The van der Waals surface area contributed by atoms with Gasteiger partial charge in [-0.15, -0.1) is 0 Å². The summed E-state index contributed by atoms with van der Waals surface area (Å²) in [6.07, 6.45) is 1.97. The van der Waals surface area contributed by atoms with Gasteiger partial charge in [0.15, 0.2) is 5.96 Å². The van der Waals surface area contributed by atoms with Crippen LogP contribution in [0.15, 0.2) is 29.3 Å². The number of nitrogens with one attached hydrogen (secondary N) is 3. The van der Waals surface area contributed by atoms with Crippen LogP contribution in [0.2, 0.25) is 0 Å². The number of guanidine groups is 1. The number of benzene rings is 1. The molecule has 1 aliphatic heterocycles. The smallest absolute Gasteiger partial charge is 0.233 e. The molecule has 0 saturated carbocycles. The molecule has 1 aromatic carbocycles. The summed E-state index contributed by atoms with van der Waals surface area (Å²) in [6.45, 7) is 5.69. The van der Waals surface area contributed by atoms with Crippen molar-refractivity contribution in [3.63, 3.8) is 0 Å². The molecule has 1 aromatic rings. The number of nitriles is 1. The lowest BCUT2D eigenvalue weighted by molar-refractivity contribution is -0.122. The summed E-state index contributed by atoms with van der Waals surface area (Å²) in [5, 5.41) is 18.3. The van der Waals surface area contributed by atoms with Crippen molar-refractivity contribution in [2.45, 2.75) is 32.4 Å². The van der Waals surface area contributed by atoms with Crippen molar-refractivity contribution >= 4 is 11.9 Å². The average molecular weight is 356 g/mol. The molecule has 1 amide bonds. The van der Waals surface area contributed by atoms with Gasteiger partial charge >= 0.3 is 0 Å². The highest BCUT2D eigenvalue weighted by Crippen LogP contribution is 2.10. The molecule has 1 aliphatic rings. The highest BCUT2D eigenvalue weighted by Gasteiger charge is 2.21. The first-order chi connectivity index (χ1) is 12.6. The predicted octanol–water partition coefficient (Wildman–Crippen LogP) is 0.824. The molecule has 140 valence electrons. The summed E-state index contributed by atoms with van der Waals surface area (Å²) in [6, 6.07) is 9.97. The Balaban J connectivity index is 1.85. The number of hydrogen-bond acceptors (Lipinski definition) is 4. The molecule has 2 rings (SSSR count). The predicted molar refractivity (Wildman–Crippen MR) is 103 cm³/mol. The quantitative estimate of drug-likeness (QED) is 0.518. The number of amides is 1. The van der Waals surface area contributed by atoms with E-state index in [1.165, 1.54) is 0 Å². The number of likely N-dealkylation sites (tertiary alicyclic amines) is 1. The average Bonchev–Trinajstić information content (AvgIpc) is 2.68. The molecule has 0 aliphatic carbocycles. The van der Waals surface area contributed by atoms with E-state index < -0.39 is 0 Å². The number of hydrogen-bond donors (Lipinski definition) is 3. The minimum Gasteiger partial charge on any atom is -0.358 e. The molecule has 26 heavy (non-hydrogen) atoms. The van der Waals surface area contributed by atoms with Gasteiger partial charge < -0.3 is 16.0 Å². The van der Waals surface area contributed by atoms with Crippen LogP contribution in [0.5, 0.6) is 0 Å². The summed E-state index contributed by atoms with van der Waals surface area (Å²) in [5.41, 5.74) is 1.73. The number of carbonyl (C=O) groups is 1. The molecule has 1 fully saturated rings. The fourth-order valence-electron chi connectivity index (χ4n) is 2.89. The molecular formula is C19H28N6O. The molecule has 0 aromatic heterocycles. The number of aliphatic imine (C=N–C) groups is 1. The van der Waals surface area contributed by atoms with Gasteiger partial charge in [-0.25, -0.2) is 4.99 Å². The Labute approximate surface area is 155 Å². The zero-order chi connectivity index (χ0) is 18.8. The van der Waals surface area contributed by atoms with Crippen molar-refractivity contribution in [1.82, 2.24) is 20.9 Å². The lowest BCUT2D eigenvalue weighted by Gasteiger charge is -2.32. The molecule has 0 radical (unpaired) electrons. The highest BCUT2D eigenvalue weighted by molar-refractivity contribution is 5.80. The molecule has 0 atom stereocenters. The van der Waals surface area contributed by atoms with Crippen molar-refractivity contribution in [3.05, 3.63) is 35.4 Å². The second kappa shape index (κ2) is 10.4. The monoisotopic (exact) mass is 356 g/mol.